The van der Waals surface area contributed by atoms with Crippen LogP contribution in [0, 0.1) is 0 Å². The zero-order chi connectivity index (χ0) is 10.3. The predicted octanol–water partition coefficient (Wildman–Crippen LogP) is 1.75. The summed E-state index contributed by atoms with van der Waals surface area (Å²) < 4.78 is 5.46. The van der Waals surface area contributed by atoms with E-state index in [1.165, 1.54) is 0 Å². The lowest BCUT2D eigenvalue weighted by Crippen LogP contribution is -2.49. The van der Waals surface area contributed by atoms with E-state index in [2.05, 4.69) is 0 Å². The first-order chi connectivity index (χ1) is 7.36. The molecule has 4 heteroatoms. The molecule has 2 atom stereocenters. The number of amides is 1. The van der Waals surface area contributed by atoms with Gasteiger partial charge in [-0.2, -0.15) is 11.3 Å². The summed E-state index contributed by atoms with van der Waals surface area (Å²) in [5.41, 5.74) is 0.832. The van der Waals surface area contributed by atoms with Crippen LogP contribution >= 0.6 is 11.3 Å². The second-order valence-corrected chi connectivity index (χ2v) is 4.93. The number of morpholine rings is 1. The van der Waals surface area contributed by atoms with Gasteiger partial charge < -0.3 is 9.64 Å². The summed E-state index contributed by atoms with van der Waals surface area (Å²) >= 11 is 1.58. The van der Waals surface area contributed by atoms with Crippen molar-refractivity contribution >= 4 is 17.2 Å². The van der Waals surface area contributed by atoms with E-state index in [1.54, 1.807) is 11.3 Å². The number of thiophene rings is 1. The fraction of sp³-hybridized carbons (Fsp3) is 0.545. The SMILES string of the molecule is O=C(c1ccsc1)N1[C@@H]2CC[C@@H]1COC2. The van der Waals surface area contributed by atoms with E-state index in [0.717, 1.165) is 18.4 Å². The van der Waals surface area contributed by atoms with E-state index in [1.807, 2.05) is 21.7 Å². The van der Waals surface area contributed by atoms with E-state index in [9.17, 15) is 4.79 Å². The smallest absolute Gasteiger partial charge is 0.255 e. The second kappa shape index (κ2) is 3.61. The van der Waals surface area contributed by atoms with Crippen molar-refractivity contribution in [1.82, 2.24) is 4.90 Å². The van der Waals surface area contributed by atoms with Crippen molar-refractivity contribution in [3.8, 4) is 0 Å². The molecule has 0 saturated carbocycles. The van der Waals surface area contributed by atoms with Crippen LogP contribution in [0.2, 0.25) is 0 Å². The molecular formula is C11H13NO2S. The van der Waals surface area contributed by atoms with Gasteiger partial charge in [0, 0.05) is 5.38 Å². The van der Waals surface area contributed by atoms with Crippen LogP contribution < -0.4 is 0 Å². The Morgan fingerprint density at radius 3 is 2.73 bits per heavy atom. The van der Waals surface area contributed by atoms with Gasteiger partial charge in [-0.25, -0.2) is 0 Å². The Kier molecular flexibility index (Phi) is 2.25. The molecule has 1 aromatic rings. The zero-order valence-corrected chi connectivity index (χ0v) is 9.20. The molecule has 2 aliphatic heterocycles. The Labute approximate surface area is 92.6 Å². The molecule has 2 bridgehead atoms. The molecule has 2 aliphatic rings. The zero-order valence-electron chi connectivity index (χ0n) is 8.39. The van der Waals surface area contributed by atoms with E-state index in [0.29, 0.717) is 25.3 Å². The second-order valence-electron chi connectivity index (χ2n) is 4.15. The van der Waals surface area contributed by atoms with Crippen molar-refractivity contribution in [2.75, 3.05) is 13.2 Å². The molecule has 0 N–H and O–H groups in total. The maximum Gasteiger partial charge on any atom is 0.255 e. The Hall–Kier alpha value is -0.870. The van der Waals surface area contributed by atoms with Gasteiger partial charge in [-0.3, -0.25) is 4.79 Å². The number of nitrogens with zero attached hydrogens (tertiary/aromatic N) is 1. The number of rotatable bonds is 1. The lowest BCUT2D eigenvalue weighted by atomic mass is 10.2. The molecule has 80 valence electrons. The van der Waals surface area contributed by atoms with E-state index < -0.39 is 0 Å². The van der Waals surface area contributed by atoms with Gasteiger partial charge in [0.15, 0.2) is 0 Å². The molecule has 0 aliphatic carbocycles. The van der Waals surface area contributed by atoms with Crippen molar-refractivity contribution in [2.24, 2.45) is 0 Å². The summed E-state index contributed by atoms with van der Waals surface area (Å²) in [4.78, 5) is 14.2. The van der Waals surface area contributed by atoms with Crippen molar-refractivity contribution < 1.29 is 9.53 Å². The summed E-state index contributed by atoms with van der Waals surface area (Å²) in [5, 5.41) is 3.88. The van der Waals surface area contributed by atoms with Crippen LogP contribution in [0.25, 0.3) is 0 Å². The molecule has 0 unspecified atom stereocenters. The number of hydrogen-bond acceptors (Lipinski definition) is 3. The van der Waals surface area contributed by atoms with Crippen molar-refractivity contribution in [2.45, 2.75) is 24.9 Å². The van der Waals surface area contributed by atoms with Gasteiger partial charge in [0.2, 0.25) is 0 Å². The number of hydrogen-bond donors (Lipinski definition) is 0. The van der Waals surface area contributed by atoms with Crippen LogP contribution in [0.15, 0.2) is 16.8 Å². The van der Waals surface area contributed by atoms with E-state index in [-0.39, 0.29) is 5.91 Å². The molecule has 3 nitrogen and oxygen atoms in total. The minimum Gasteiger partial charge on any atom is -0.377 e. The summed E-state index contributed by atoms with van der Waals surface area (Å²) in [6.45, 7) is 1.43. The fourth-order valence-corrected chi connectivity index (χ4v) is 3.13. The van der Waals surface area contributed by atoms with Gasteiger partial charge in [-0.15, -0.1) is 0 Å². The van der Waals surface area contributed by atoms with Crippen molar-refractivity contribution in [1.29, 1.82) is 0 Å². The molecule has 0 spiro atoms. The topological polar surface area (TPSA) is 29.5 Å². The minimum atomic E-state index is 0.187. The number of carbonyl (C=O) groups excluding carboxylic acids is 1. The molecule has 0 radical (unpaired) electrons. The van der Waals surface area contributed by atoms with Crippen LogP contribution in [0.5, 0.6) is 0 Å². The lowest BCUT2D eigenvalue weighted by Gasteiger charge is -2.34. The minimum absolute atomic E-state index is 0.187. The highest BCUT2D eigenvalue weighted by molar-refractivity contribution is 7.08. The first kappa shape index (κ1) is 9.36. The molecule has 0 aromatic carbocycles. The van der Waals surface area contributed by atoms with Gasteiger partial charge in [-0.05, 0) is 24.3 Å². The number of ether oxygens (including phenoxy) is 1. The highest BCUT2D eigenvalue weighted by Gasteiger charge is 2.40. The molecular weight excluding hydrogens is 210 g/mol. The molecule has 1 aromatic heterocycles. The van der Waals surface area contributed by atoms with Crippen molar-refractivity contribution in [3.05, 3.63) is 22.4 Å². The average Bonchev–Trinajstić information content (AvgIpc) is 2.85. The third-order valence-electron chi connectivity index (χ3n) is 3.24. The van der Waals surface area contributed by atoms with Crippen LogP contribution in [0.4, 0.5) is 0 Å². The molecule has 3 rings (SSSR count). The number of fused-ring (bicyclic) bond motifs is 2. The maximum absolute atomic E-state index is 12.2. The van der Waals surface area contributed by atoms with Crippen LogP contribution in [0.1, 0.15) is 23.2 Å². The first-order valence-electron chi connectivity index (χ1n) is 5.29. The van der Waals surface area contributed by atoms with Gasteiger partial charge in [0.05, 0.1) is 30.9 Å². The maximum atomic E-state index is 12.2. The summed E-state index contributed by atoms with van der Waals surface area (Å²) in [7, 11) is 0. The third-order valence-corrected chi connectivity index (χ3v) is 3.93. The predicted molar refractivity (Wildman–Crippen MR) is 58.1 cm³/mol. The quantitative estimate of drug-likeness (QED) is 0.726. The standard InChI is InChI=1S/C11H13NO2S/c13-11(8-3-4-15-7-8)12-9-1-2-10(12)6-14-5-9/h3-4,7,9-10H,1-2,5-6H2/t9-,10-/m1/s1. The Morgan fingerprint density at radius 2 is 2.13 bits per heavy atom. The third kappa shape index (κ3) is 1.48. The summed E-state index contributed by atoms with van der Waals surface area (Å²) in [5.74, 6) is 0.187. The first-order valence-corrected chi connectivity index (χ1v) is 6.23. The summed E-state index contributed by atoms with van der Waals surface area (Å²) in [6, 6.07) is 2.54. The largest absolute Gasteiger partial charge is 0.377 e. The monoisotopic (exact) mass is 223 g/mol. The summed E-state index contributed by atoms with van der Waals surface area (Å²) in [6.07, 6.45) is 2.20. The number of carbonyl (C=O) groups is 1. The Bertz CT molecular complexity index is 347. The van der Waals surface area contributed by atoms with Gasteiger partial charge in [0.1, 0.15) is 0 Å². The van der Waals surface area contributed by atoms with Crippen molar-refractivity contribution in [3.63, 3.8) is 0 Å². The molecule has 2 saturated heterocycles. The molecule has 2 fully saturated rings. The fourth-order valence-electron chi connectivity index (χ4n) is 2.50. The Morgan fingerprint density at radius 1 is 1.40 bits per heavy atom. The lowest BCUT2D eigenvalue weighted by molar-refractivity contribution is -0.00712. The van der Waals surface area contributed by atoms with E-state index >= 15 is 0 Å². The highest BCUT2D eigenvalue weighted by atomic mass is 32.1. The van der Waals surface area contributed by atoms with Gasteiger partial charge in [-0.1, -0.05) is 0 Å². The average molecular weight is 223 g/mol. The molecule has 1 amide bonds. The van der Waals surface area contributed by atoms with Crippen LogP contribution in [-0.4, -0.2) is 36.1 Å². The van der Waals surface area contributed by atoms with Gasteiger partial charge in [0.25, 0.3) is 5.91 Å². The van der Waals surface area contributed by atoms with Gasteiger partial charge >= 0.3 is 0 Å². The van der Waals surface area contributed by atoms with E-state index in [4.69, 9.17) is 4.74 Å². The molecule has 15 heavy (non-hydrogen) atoms. The Balaban J connectivity index is 1.85. The van der Waals surface area contributed by atoms with Crippen LogP contribution in [-0.2, 0) is 4.74 Å². The highest BCUT2D eigenvalue weighted by Crippen LogP contribution is 2.30. The van der Waals surface area contributed by atoms with Crippen LogP contribution in [0.3, 0.4) is 0 Å². The molecule has 3 heterocycles. The normalized spacial score (nSPS) is 29.5.